The average molecular weight is 290 g/mol. The van der Waals surface area contributed by atoms with E-state index >= 15 is 0 Å². The molecule has 0 unspecified atom stereocenters. The van der Waals surface area contributed by atoms with Gasteiger partial charge in [0, 0.05) is 19.3 Å². The van der Waals surface area contributed by atoms with Crippen molar-refractivity contribution in [3.05, 3.63) is 29.3 Å². The highest BCUT2D eigenvalue weighted by Gasteiger charge is 2.15. The fraction of sp³-hybridized carbons (Fsp3) is 0.611. The van der Waals surface area contributed by atoms with Crippen LogP contribution in [-0.2, 0) is 6.42 Å². The van der Waals surface area contributed by atoms with Crippen LogP contribution in [0.2, 0.25) is 0 Å². The maximum atomic E-state index is 12.4. The summed E-state index contributed by atoms with van der Waals surface area (Å²) in [7, 11) is 1.87. The number of nitrogens with one attached hydrogen (secondary N) is 1. The molecule has 0 aromatic heterocycles. The summed E-state index contributed by atoms with van der Waals surface area (Å²) in [6.45, 7) is 9.43. The van der Waals surface area contributed by atoms with Gasteiger partial charge in [-0.1, -0.05) is 58.7 Å². The van der Waals surface area contributed by atoms with Gasteiger partial charge >= 0.3 is 6.03 Å². The van der Waals surface area contributed by atoms with E-state index < -0.39 is 0 Å². The van der Waals surface area contributed by atoms with Gasteiger partial charge in [0.25, 0.3) is 0 Å². The number of benzene rings is 1. The molecule has 3 nitrogen and oxygen atoms in total. The number of carbonyl (C=O) groups is 1. The minimum absolute atomic E-state index is 0.00565. The number of hydrogen-bond donors (Lipinski definition) is 1. The van der Waals surface area contributed by atoms with E-state index in [9.17, 15) is 4.79 Å². The van der Waals surface area contributed by atoms with Crippen LogP contribution in [0.4, 0.5) is 10.5 Å². The van der Waals surface area contributed by atoms with E-state index in [0.717, 1.165) is 25.1 Å². The summed E-state index contributed by atoms with van der Waals surface area (Å²) in [5, 5.41) is 3.13. The summed E-state index contributed by atoms with van der Waals surface area (Å²) < 4.78 is 0. The highest BCUT2D eigenvalue weighted by atomic mass is 16.2. The van der Waals surface area contributed by atoms with Crippen LogP contribution in [0.15, 0.2) is 18.2 Å². The number of unbranched alkanes of at least 4 members (excludes halogenated alkanes) is 2. The number of hydrogen-bond acceptors (Lipinski definition) is 1. The predicted molar refractivity (Wildman–Crippen MR) is 91.1 cm³/mol. The maximum absolute atomic E-state index is 12.4. The molecule has 3 heteroatoms. The zero-order valence-electron chi connectivity index (χ0n) is 14.2. The number of rotatable bonds is 7. The van der Waals surface area contributed by atoms with Crippen LogP contribution in [0.1, 0.15) is 64.0 Å². The second kappa shape index (κ2) is 8.71. The topological polar surface area (TPSA) is 32.3 Å². The third kappa shape index (κ3) is 5.07. The van der Waals surface area contributed by atoms with Crippen LogP contribution >= 0.6 is 0 Å². The first-order chi connectivity index (χ1) is 10.0. The van der Waals surface area contributed by atoms with E-state index in [0.29, 0.717) is 5.92 Å². The Morgan fingerprint density at radius 3 is 2.52 bits per heavy atom. The number of urea groups is 1. The molecule has 0 aliphatic heterocycles. The first-order valence-corrected chi connectivity index (χ1v) is 8.15. The maximum Gasteiger partial charge on any atom is 0.321 e. The molecule has 1 rings (SSSR count). The van der Waals surface area contributed by atoms with E-state index in [1.807, 2.05) is 7.05 Å². The molecule has 21 heavy (non-hydrogen) atoms. The van der Waals surface area contributed by atoms with Gasteiger partial charge in [-0.25, -0.2) is 4.79 Å². The van der Waals surface area contributed by atoms with Crippen molar-refractivity contribution in [2.45, 2.75) is 59.3 Å². The Morgan fingerprint density at radius 1 is 1.24 bits per heavy atom. The van der Waals surface area contributed by atoms with Gasteiger partial charge in [-0.3, -0.25) is 0 Å². The molecule has 0 heterocycles. The van der Waals surface area contributed by atoms with Crippen LogP contribution in [0.5, 0.6) is 0 Å². The standard InChI is InChI=1S/C18H30N2O/c1-6-8-9-13-20(5)18(21)19-17-15(7-2)11-10-12-16(17)14(3)4/h10-12,14H,6-9,13H2,1-5H3,(H,19,21). The second-order valence-electron chi connectivity index (χ2n) is 5.95. The van der Waals surface area contributed by atoms with Crippen LogP contribution in [0.25, 0.3) is 0 Å². The molecular weight excluding hydrogens is 260 g/mol. The lowest BCUT2D eigenvalue weighted by Crippen LogP contribution is -2.32. The van der Waals surface area contributed by atoms with Gasteiger partial charge in [-0.2, -0.15) is 0 Å². The predicted octanol–water partition coefficient (Wildman–Crippen LogP) is 5.03. The van der Waals surface area contributed by atoms with E-state index in [-0.39, 0.29) is 6.03 Å². The van der Waals surface area contributed by atoms with E-state index in [4.69, 9.17) is 0 Å². The molecule has 0 aliphatic rings. The summed E-state index contributed by atoms with van der Waals surface area (Å²) in [4.78, 5) is 14.1. The lowest BCUT2D eigenvalue weighted by Gasteiger charge is -2.22. The van der Waals surface area contributed by atoms with Gasteiger partial charge in [-0.05, 0) is 29.9 Å². The fourth-order valence-corrected chi connectivity index (χ4v) is 2.45. The molecular formula is C18H30N2O. The quantitative estimate of drug-likeness (QED) is 0.702. The Bertz CT molecular complexity index is 455. The zero-order chi connectivity index (χ0) is 15.8. The van der Waals surface area contributed by atoms with E-state index in [1.165, 1.54) is 24.0 Å². The number of amides is 2. The van der Waals surface area contributed by atoms with Crippen molar-refractivity contribution in [1.82, 2.24) is 4.90 Å². The molecule has 1 N–H and O–H groups in total. The summed E-state index contributed by atoms with van der Waals surface area (Å²) in [5.74, 6) is 0.400. The highest BCUT2D eigenvalue weighted by molar-refractivity contribution is 5.91. The molecule has 118 valence electrons. The number of para-hydroxylation sites is 1. The smallest absolute Gasteiger partial charge is 0.321 e. The van der Waals surface area contributed by atoms with Crippen molar-refractivity contribution in [3.63, 3.8) is 0 Å². The first kappa shape index (κ1) is 17.5. The molecule has 0 saturated heterocycles. The molecule has 0 radical (unpaired) electrons. The Morgan fingerprint density at radius 2 is 1.95 bits per heavy atom. The summed E-state index contributed by atoms with van der Waals surface area (Å²) in [6.07, 6.45) is 4.33. The molecule has 1 aromatic rings. The molecule has 0 atom stereocenters. The van der Waals surface area contributed by atoms with Crippen molar-refractivity contribution in [3.8, 4) is 0 Å². The molecule has 0 bridgehead atoms. The Balaban J connectivity index is 2.83. The molecule has 0 spiro atoms. The number of anilines is 1. The number of carbonyl (C=O) groups excluding carboxylic acids is 1. The normalized spacial score (nSPS) is 10.8. The Kier molecular flexibility index (Phi) is 7.27. The van der Waals surface area contributed by atoms with Crippen molar-refractivity contribution >= 4 is 11.7 Å². The van der Waals surface area contributed by atoms with Crippen molar-refractivity contribution in [2.75, 3.05) is 18.9 Å². The largest absolute Gasteiger partial charge is 0.328 e. The average Bonchev–Trinajstić information content (AvgIpc) is 2.47. The fourth-order valence-electron chi connectivity index (χ4n) is 2.45. The summed E-state index contributed by atoms with van der Waals surface area (Å²) >= 11 is 0. The lowest BCUT2D eigenvalue weighted by molar-refractivity contribution is 0.221. The minimum atomic E-state index is -0.00565. The molecule has 1 aromatic carbocycles. The van der Waals surface area contributed by atoms with Crippen molar-refractivity contribution < 1.29 is 4.79 Å². The second-order valence-corrected chi connectivity index (χ2v) is 5.95. The van der Waals surface area contributed by atoms with Gasteiger partial charge in [0.05, 0.1) is 0 Å². The van der Waals surface area contributed by atoms with E-state index in [1.54, 1.807) is 4.90 Å². The van der Waals surface area contributed by atoms with Crippen LogP contribution in [0.3, 0.4) is 0 Å². The zero-order valence-corrected chi connectivity index (χ0v) is 14.2. The van der Waals surface area contributed by atoms with Gasteiger partial charge in [-0.15, -0.1) is 0 Å². The summed E-state index contributed by atoms with van der Waals surface area (Å²) in [6, 6.07) is 6.28. The third-order valence-electron chi connectivity index (χ3n) is 3.86. The monoisotopic (exact) mass is 290 g/mol. The highest BCUT2D eigenvalue weighted by Crippen LogP contribution is 2.28. The molecule has 2 amide bonds. The van der Waals surface area contributed by atoms with Crippen LogP contribution < -0.4 is 5.32 Å². The Hall–Kier alpha value is -1.51. The minimum Gasteiger partial charge on any atom is -0.328 e. The molecule has 0 saturated carbocycles. The lowest BCUT2D eigenvalue weighted by atomic mass is 9.96. The SMILES string of the molecule is CCCCCN(C)C(=O)Nc1c(CC)cccc1C(C)C. The van der Waals surface area contributed by atoms with Gasteiger partial charge < -0.3 is 10.2 Å². The van der Waals surface area contributed by atoms with Crippen molar-refractivity contribution in [2.24, 2.45) is 0 Å². The van der Waals surface area contributed by atoms with Gasteiger partial charge in [0.1, 0.15) is 0 Å². The van der Waals surface area contributed by atoms with Crippen LogP contribution in [-0.4, -0.2) is 24.5 Å². The van der Waals surface area contributed by atoms with E-state index in [2.05, 4.69) is 51.2 Å². The number of aryl methyl sites for hydroxylation is 1. The third-order valence-corrected chi connectivity index (χ3v) is 3.86. The van der Waals surface area contributed by atoms with Crippen LogP contribution in [0, 0.1) is 0 Å². The molecule has 0 fully saturated rings. The van der Waals surface area contributed by atoms with Gasteiger partial charge in [0.2, 0.25) is 0 Å². The number of nitrogens with zero attached hydrogens (tertiary/aromatic N) is 1. The Labute approximate surface area is 129 Å². The summed E-state index contributed by atoms with van der Waals surface area (Å²) in [5.41, 5.74) is 3.42. The first-order valence-electron chi connectivity index (χ1n) is 8.15. The van der Waals surface area contributed by atoms with Crippen molar-refractivity contribution in [1.29, 1.82) is 0 Å². The van der Waals surface area contributed by atoms with Gasteiger partial charge in [0.15, 0.2) is 0 Å². The molecule has 0 aliphatic carbocycles.